The van der Waals surface area contributed by atoms with Crippen molar-refractivity contribution in [3.63, 3.8) is 0 Å². The van der Waals surface area contributed by atoms with Crippen LogP contribution in [-0.2, 0) is 25.9 Å². The number of aromatic nitrogens is 2. The summed E-state index contributed by atoms with van der Waals surface area (Å²) in [5.41, 5.74) is 4.89. The molecule has 1 aromatic heterocycles. The second-order valence-corrected chi connectivity index (χ2v) is 9.27. The van der Waals surface area contributed by atoms with Crippen LogP contribution >= 0.6 is 11.8 Å². The van der Waals surface area contributed by atoms with Crippen molar-refractivity contribution in [2.75, 3.05) is 24.6 Å². The first-order valence-corrected chi connectivity index (χ1v) is 11.8. The van der Waals surface area contributed by atoms with E-state index in [-0.39, 0.29) is 17.8 Å². The van der Waals surface area contributed by atoms with Gasteiger partial charge in [0.25, 0.3) is 5.91 Å². The zero-order chi connectivity index (χ0) is 21.1. The predicted molar refractivity (Wildman–Crippen MR) is 119 cm³/mol. The standard InChI is InChI=1S/C23H29FN4OS/c1-3-8-28-21-7-6-19(25-15-17-13-18(24)5-4-16(17)2)14-20(21)22(26-28)23(29)27-9-11-30-12-10-27/h3-5,13,19,25H,1,6-12,14-15H2,2H3. The van der Waals surface area contributed by atoms with Crippen LogP contribution in [0.15, 0.2) is 30.9 Å². The molecule has 7 heteroatoms. The minimum Gasteiger partial charge on any atom is -0.336 e. The number of hydrogen-bond donors (Lipinski definition) is 1. The zero-order valence-corrected chi connectivity index (χ0v) is 18.3. The van der Waals surface area contributed by atoms with E-state index in [1.807, 2.05) is 40.4 Å². The lowest BCUT2D eigenvalue weighted by Crippen LogP contribution is -2.39. The molecule has 4 rings (SSSR count). The van der Waals surface area contributed by atoms with E-state index in [1.165, 1.54) is 6.07 Å². The lowest BCUT2D eigenvalue weighted by atomic mass is 9.90. The Kier molecular flexibility index (Phi) is 6.58. The van der Waals surface area contributed by atoms with Gasteiger partial charge in [-0.3, -0.25) is 9.48 Å². The van der Waals surface area contributed by atoms with E-state index in [2.05, 4.69) is 11.9 Å². The normalized spacial score (nSPS) is 18.9. The average molecular weight is 429 g/mol. The number of carbonyl (C=O) groups is 1. The monoisotopic (exact) mass is 428 g/mol. The minimum absolute atomic E-state index is 0.0518. The summed E-state index contributed by atoms with van der Waals surface area (Å²) in [6.07, 6.45) is 4.44. The van der Waals surface area contributed by atoms with Gasteiger partial charge in [0, 0.05) is 48.4 Å². The van der Waals surface area contributed by atoms with Crippen molar-refractivity contribution < 1.29 is 9.18 Å². The van der Waals surface area contributed by atoms with Gasteiger partial charge < -0.3 is 10.2 Å². The summed E-state index contributed by atoms with van der Waals surface area (Å²) in [4.78, 5) is 15.1. The first-order valence-electron chi connectivity index (χ1n) is 10.6. The Labute approximate surface area is 181 Å². The molecule has 1 amide bonds. The molecule has 1 aliphatic heterocycles. The second kappa shape index (κ2) is 9.35. The van der Waals surface area contributed by atoms with E-state index in [0.717, 1.165) is 66.2 Å². The number of halogens is 1. The highest BCUT2D eigenvalue weighted by Gasteiger charge is 2.31. The van der Waals surface area contributed by atoms with Crippen molar-refractivity contribution in [2.45, 2.75) is 45.3 Å². The van der Waals surface area contributed by atoms with Crippen molar-refractivity contribution >= 4 is 17.7 Å². The number of hydrogen-bond acceptors (Lipinski definition) is 4. The number of fused-ring (bicyclic) bond motifs is 1. The number of benzene rings is 1. The van der Waals surface area contributed by atoms with E-state index in [0.29, 0.717) is 18.8 Å². The smallest absolute Gasteiger partial charge is 0.274 e. The van der Waals surface area contributed by atoms with E-state index in [1.54, 1.807) is 6.07 Å². The number of carbonyl (C=O) groups excluding carboxylic acids is 1. The highest BCUT2D eigenvalue weighted by molar-refractivity contribution is 7.99. The summed E-state index contributed by atoms with van der Waals surface area (Å²) >= 11 is 1.89. The molecule has 1 atom stereocenters. The first kappa shape index (κ1) is 21.1. The fourth-order valence-corrected chi connectivity index (χ4v) is 5.21. The van der Waals surface area contributed by atoms with Crippen LogP contribution in [0.5, 0.6) is 0 Å². The minimum atomic E-state index is -0.207. The summed E-state index contributed by atoms with van der Waals surface area (Å²) in [5, 5.41) is 8.29. The third-order valence-corrected chi connectivity index (χ3v) is 6.98. The summed E-state index contributed by atoms with van der Waals surface area (Å²) in [6.45, 7) is 8.65. The Balaban J connectivity index is 1.52. The van der Waals surface area contributed by atoms with E-state index < -0.39 is 0 Å². The lowest BCUT2D eigenvalue weighted by Gasteiger charge is -2.27. The van der Waals surface area contributed by atoms with Crippen LogP contribution in [0.1, 0.15) is 39.3 Å². The second-order valence-electron chi connectivity index (χ2n) is 8.04. The van der Waals surface area contributed by atoms with E-state index in [4.69, 9.17) is 5.10 Å². The topological polar surface area (TPSA) is 50.2 Å². The van der Waals surface area contributed by atoms with Crippen molar-refractivity contribution in [2.24, 2.45) is 0 Å². The molecule has 0 spiro atoms. The summed E-state index contributed by atoms with van der Waals surface area (Å²) in [6, 6.07) is 5.15. The van der Waals surface area contributed by atoms with E-state index >= 15 is 0 Å². The summed E-state index contributed by atoms with van der Waals surface area (Å²) in [5.74, 6) is 1.81. The molecular weight excluding hydrogens is 399 g/mol. The number of aryl methyl sites for hydroxylation is 1. The average Bonchev–Trinajstić information content (AvgIpc) is 3.12. The molecule has 1 unspecified atom stereocenters. The third kappa shape index (κ3) is 4.47. The molecule has 1 aromatic carbocycles. The van der Waals surface area contributed by atoms with Gasteiger partial charge >= 0.3 is 0 Å². The van der Waals surface area contributed by atoms with Crippen LogP contribution in [0.25, 0.3) is 0 Å². The molecule has 1 aliphatic carbocycles. The molecule has 30 heavy (non-hydrogen) atoms. The molecule has 5 nitrogen and oxygen atoms in total. The van der Waals surface area contributed by atoms with Gasteiger partial charge in [-0.25, -0.2) is 4.39 Å². The van der Waals surface area contributed by atoms with Crippen LogP contribution in [-0.4, -0.2) is 51.2 Å². The van der Waals surface area contributed by atoms with Crippen molar-refractivity contribution in [1.82, 2.24) is 20.0 Å². The molecule has 1 saturated heterocycles. The van der Waals surface area contributed by atoms with Gasteiger partial charge in [-0.1, -0.05) is 12.1 Å². The first-order chi connectivity index (χ1) is 14.6. The molecule has 0 bridgehead atoms. The SMILES string of the molecule is C=CCn1nc(C(=O)N2CCSCC2)c2c1CCC(NCc1cc(F)ccc1C)C2. The van der Waals surface area contributed by atoms with Gasteiger partial charge in [0.15, 0.2) is 5.69 Å². The predicted octanol–water partition coefficient (Wildman–Crippen LogP) is 3.35. The quantitative estimate of drug-likeness (QED) is 0.717. The number of nitrogens with zero attached hydrogens (tertiary/aromatic N) is 3. The zero-order valence-electron chi connectivity index (χ0n) is 17.5. The van der Waals surface area contributed by atoms with Crippen LogP contribution in [0, 0.1) is 12.7 Å². The Morgan fingerprint density at radius 2 is 2.20 bits per heavy atom. The van der Waals surface area contributed by atoms with Crippen LogP contribution in [0.4, 0.5) is 4.39 Å². The highest BCUT2D eigenvalue weighted by Crippen LogP contribution is 2.27. The molecule has 2 aliphatic rings. The maximum Gasteiger partial charge on any atom is 0.274 e. The molecule has 0 saturated carbocycles. The van der Waals surface area contributed by atoms with Crippen LogP contribution < -0.4 is 5.32 Å². The highest BCUT2D eigenvalue weighted by atomic mass is 32.2. The van der Waals surface area contributed by atoms with Crippen molar-refractivity contribution in [3.8, 4) is 0 Å². The number of amides is 1. The third-order valence-electron chi connectivity index (χ3n) is 6.04. The Bertz CT molecular complexity index is 936. The number of rotatable bonds is 6. The van der Waals surface area contributed by atoms with Gasteiger partial charge in [0.05, 0.1) is 6.54 Å². The maximum atomic E-state index is 13.6. The lowest BCUT2D eigenvalue weighted by molar-refractivity contribution is 0.0764. The van der Waals surface area contributed by atoms with Crippen LogP contribution in [0.3, 0.4) is 0 Å². The van der Waals surface area contributed by atoms with Gasteiger partial charge in [0.2, 0.25) is 0 Å². The fraction of sp³-hybridized carbons (Fsp3) is 0.478. The maximum absolute atomic E-state index is 13.6. The van der Waals surface area contributed by atoms with Gasteiger partial charge in [0.1, 0.15) is 5.82 Å². The molecule has 2 aromatic rings. The number of allylic oxidation sites excluding steroid dienone is 1. The van der Waals surface area contributed by atoms with E-state index in [9.17, 15) is 9.18 Å². The Morgan fingerprint density at radius 1 is 1.40 bits per heavy atom. The molecule has 1 N–H and O–H groups in total. The largest absolute Gasteiger partial charge is 0.336 e. The Morgan fingerprint density at radius 3 is 2.97 bits per heavy atom. The number of nitrogens with one attached hydrogen (secondary N) is 1. The summed E-state index contributed by atoms with van der Waals surface area (Å²) in [7, 11) is 0. The Hall–Kier alpha value is -2.12. The molecule has 1 fully saturated rings. The number of thioether (sulfide) groups is 1. The van der Waals surface area contributed by atoms with Gasteiger partial charge in [-0.05, 0) is 49.4 Å². The molecular formula is C23H29FN4OS. The fourth-order valence-electron chi connectivity index (χ4n) is 4.31. The van der Waals surface area contributed by atoms with Crippen molar-refractivity contribution in [1.29, 1.82) is 0 Å². The molecule has 0 radical (unpaired) electrons. The van der Waals surface area contributed by atoms with Crippen LogP contribution in [0.2, 0.25) is 0 Å². The molecule has 160 valence electrons. The molecule has 2 heterocycles. The van der Waals surface area contributed by atoms with Crippen molar-refractivity contribution in [3.05, 3.63) is 64.7 Å². The summed E-state index contributed by atoms with van der Waals surface area (Å²) < 4.78 is 15.6. The van der Waals surface area contributed by atoms with Gasteiger partial charge in [-0.15, -0.1) is 6.58 Å². The van der Waals surface area contributed by atoms with Gasteiger partial charge in [-0.2, -0.15) is 16.9 Å².